The number of aliphatic carboxylic acids is 2. The molecule has 2 rings (SSSR count). The minimum Gasteiger partial charge on any atom is -0.480 e. The lowest BCUT2D eigenvalue weighted by atomic mass is 10.1. The number of benzene rings is 2. The SMILES string of the molecule is NC(=O)CCC(NC(=O)C=CC=Cc1ccc(NN(O)c2ccc(C=CC=CC(=O)NC(CCC(N)=O)C(=O)O)cc2)cc1)C(=O)O. The normalized spacial score (nSPS) is 12.6. The third kappa shape index (κ3) is 14.9. The van der Waals surface area contributed by atoms with Gasteiger partial charge in [0.15, 0.2) is 0 Å². The van der Waals surface area contributed by atoms with Gasteiger partial charge in [-0.25, -0.2) is 9.59 Å². The van der Waals surface area contributed by atoms with Gasteiger partial charge >= 0.3 is 11.9 Å². The molecule has 0 spiro atoms. The third-order valence-electron chi connectivity index (χ3n) is 6.17. The number of nitrogens with two attached hydrogens (primary N) is 2. The van der Waals surface area contributed by atoms with Gasteiger partial charge in [-0.3, -0.25) is 29.8 Å². The Bertz CT molecular complexity index is 1530. The van der Waals surface area contributed by atoms with E-state index < -0.39 is 47.7 Å². The second-order valence-electron chi connectivity index (χ2n) is 9.88. The Morgan fingerprint density at radius 3 is 1.45 bits per heavy atom. The van der Waals surface area contributed by atoms with E-state index in [4.69, 9.17) is 21.7 Å². The molecule has 0 saturated carbocycles. The Balaban J connectivity index is 1.84. The minimum atomic E-state index is -1.27. The number of primary amides is 2. The number of hydrogen-bond donors (Lipinski definition) is 8. The van der Waals surface area contributed by atoms with Crippen LogP contribution in [-0.2, 0) is 28.8 Å². The Morgan fingerprint density at radius 2 is 1.06 bits per heavy atom. The van der Waals surface area contributed by atoms with Crippen molar-refractivity contribution in [3.8, 4) is 0 Å². The summed E-state index contributed by atoms with van der Waals surface area (Å²) in [5.41, 5.74) is 15.4. The van der Waals surface area contributed by atoms with Crippen LogP contribution in [0.1, 0.15) is 36.8 Å². The molecule has 2 aromatic rings. The average Bonchev–Trinajstić information content (AvgIpc) is 3.02. The van der Waals surface area contributed by atoms with Crippen LogP contribution >= 0.6 is 0 Å². The molecule has 0 saturated heterocycles. The van der Waals surface area contributed by atoms with E-state index in [1.165, 1.54) is 12.2 Å². The van der Waals surface area contributed by atoms with Crippen LogP contribution in [-0.4, -0.2) is 63.1 Å². The van der Waals surface area contributed by atoms with Crippen molar-refractivity contribution in [2.24, 2.45) is 11.5 Å². The number of carbonyl (C=O) groups is 6. The molecule has 10 N–H and O–H groups in total. The highest BCUT2D eigenvalue weighted by molar-refractivity contribution is 5.92. The number of amides is 4. The molecule has 0 aliphatic carbocycles. The maximum atomic E-state index is 12.0. The van der Waals surface area contributed by atoms with Crippen molar-refractivity contribution in [2.75, 3.05) is 10.6 Å². The molecule has 0 heterocycles. The van der Waals surface area contributed by atoms with E-state index in [2.05, 4.69) is 16.1 Å². The Labute approximate surface area is 269 Å². The Morgan fingerprint density at radius 1 is 0.660 bits per heavy atom. The highest BCUT2D eigenvalue weighted by Gasteiger charge is 2.20. The zero-order valence-electron chi connectivity index (χ0n) is 25.1. The molecule has 0 bridgehead atoms. The van der Waals surface area contributed by atoms with Crippen LogP contribution in [0, 0.1) is 0 Å². The zero-order chi connectivity index (χ0) is 34.8. The number of allylic oxidation sites excluding steroid dienone is 4. The predicted molar refractivity (Wildman–Crippen MR) is 173 cm³/mol. The highest BCUT2D eigenvalue weighted by Crippen LogP contribution is 2.18. The summed E-state index contributed by atoms with van der Waals surface area (Å²) in [5, 5.41) is 34.1. The summed E-state index contributed by atoms with van der Waals surface area (Å²) >= 11 is 0. The highest BCUT2D eigenvalue weighted by atomic mass is 16.5. The number of carboxylic acids is 2. The van der Waals surface area contributed by atoms with Crippen molar-refractivity contribution in [3.05, 3.63) is 96.1 Å². The Hall–Kier alpha value is -6.22. The van der Waals surface area contributed by atoms with Gasteiger partial charge in [0.1, 0.15) is 12.1 Å². The quantitative estimate of drug-likeness (QED) is 0.0618. The van der Waals surface area contributed by atoms with Crippen molar-refractivity contribution in [2.45, 2.75) is 37.8 Å². The molecular formula is C32H36N6O9. The third-order valence-corrected chi connectivity index (χ3v) is 6.17. The molecule has 0 aliphatic rings. The van der Waals surface area contributed by atoms with E-state index in [0.717, 1.165) is 28.5 Å². The van der Waals surface area contributed by atoms with Crippen LogP contribution in [0.2, 0.25) is 0 Å². The van der Waals surface area contributed by atoms with Crippen LogP contribution in [0.15, 0.2) is 85.0 Å². The van der Waals surface area contributed by atoms with E-state index in [9.17, 15) is 34.0 Å². The standard InChI is InChI=1S/C32H36N6O9/c33-27(39)19-17-25(31(43)44)35-29(41)7-3-1-5-21-9-13-23(14-10-21)37-38(47)24-15-11-22(12-16-24)6-2-4-8-30(42)36-26(32(45)46)18-20-28(34)40/h1-16,25-26,37,47H,17-20H2,(H2,33,39)(H2,34,40)(H,35,41)(H,36,42)(H,43,44)(H,45,46). The summed E-state index contributed by atoms with van der Waals surface area (Å²) in [7, 11) is 0. The second-order valence-corrected chi connectivity index (χ2v) is 9.88. The van der Waals surface area contributed by atoms with Gasteiger partial charge in [0, 0.05) is 25.0 Å². The second kappa shape index (κ2) is 19.2. The van der Waals surface area contributed by atoms with Crippen molar-refractivity contribution >= 4 is 59.1 Å². The van der Waals surface area contributed by atoms with Gasteiger partial charge in [-0.05, 0) is 48.2 Å². The minimum absolute atomic E-state index is 0.112. The molecule has 2 atom stereocenters. The molecule has 47 heavy (non-hydrogen) atoms. The number of hydrogen-bond acceptors (Lipinski definition) is 9. The topological polar surface area (TPSA) is 254 Å². The summed E-state index contributed by atoms with van der Waals surface area (Å²) < 4.78 is 0. The van der Waals surface area contributed by atoms with E-state index in [-0.39, 0.29) is 25.7 Å². The molecule has 0 fully saturated rings. The van der Waals surface area contributed by atoms with Gasteiger partial charge in [0.25, 0.3) is 0 Å². The van der Waals surface area contributed by atoms with Gasteiger partial charge in [0.05, 0.1) is 11.4 Å². The van der Waals surface area contributed by atoms with Crippen LogP contribution in [0.3, 0.4) is 0 Å². The maximum Gasteiger partial charge on any atom is 0.326 e. The fraction of sp³-hybridized carbons (Fsp3) is 0.188. The van der Waals surface area contributed by atoms with Gasteiger partial charge in [-0.1, -0.05) is 60.7 Å². The van der Waals surface area contributed by atoms with Crippen molar-refractivity contribution in [1.29, 1.82) is 0 Å². The number of hydrazine groups is 1. The summed E-state index contributed by atoms with van der Waals surface area (Å²) in [6.45, 7) is 0. The first kappa shape index (κ1) is 37.0. The molecule has 248 valence electrons. The van der Waals surface area contributed by atoms with Crippen LogP contribution in [0.25, 0.3) is 12.2 Å². The first-order valence-electron chi connectivity index (χ1n) is 14.1. The van der Waals surface area contributed by atoms with Gasteiger partial charge < -0.3 is 32.3 Å². The van der Waals surface area contributed by atoms with E-state index in [1.54, 1.807) is 72.8 Å². The predicted octanol–water partition coefficient (Wildman–Crippen LogP) is 1.72. The Kier molecular flexibility index (Phi) is 15.1. The molecule has 15 nitrogen and oxygen atoms in total. The average molecular weight is 649 g/mol. The molecular weight excluding hydrogens is 612 g/mol. The van der Waals surface area contributed by atoms with Gasteiger partial charge in [-0.15, -0.1) is 0 Å². The lowest BCUT2D eigenvalue weighted by molar-refractivity contribution is -0.142. The van der Waals surface area contributed by atoms with Crippen molar-refractivity contribution in [1.82, 2.24) is 10.6 Å². The molecule has 4 amide bonds. The number of carboxylic acid groups (broad SMARTS) is 2. The summed E-state index contributed by atoms with van der Waals surface area (Å²) in [5.74, 6) is -5.14. The fourth-order valence-electron chi connectivity index (χ4n) is 3.73. The number of rotatable bonds is 19. The summed E-state index contributed by atoms with van der Waals surface area (Å²) in [4.78, 5) is 68.1. The molecule has 0 aromatic heterocycles. The summed E-state index contributed by atoms with van der Waals surface area (Å²) in [6.07, 6.45) is 11.2. The molecule has 0 aliphatic heterocycles. The lowest BCUT2D eigenvalue weighted by Crippen LogP contribution is -2.40. The molecule has 2 unspecified atom stereocenters. The van der Waals surface area contributed by atoms with Crippen molar-refractivity contribution < 1.29 is 44.2 Å². The van der Waals surface area contributed by atoms with Crippen molar-refractivity contribution in [3.63, 3.8) is 0 Å². The largest absolute Gasteiger partial charge is 0.480 e. The van der Waals surface area contributed by atoms with Crippen LogP contribution in [0.4, 0.5) is 11.4 Å². The lowest BCUT2D eigenvalue weighted by Gasteiger charge is -2.19. The summed E-state index contributed by atoms with van der Waals surface area (Å²) in [6, 6.07) is 11.2. The van der Waals surface area contributed by atoms with Crippen LogP contribution in [0.5, 0.6) is 0 Å². The smallest absolute Gasteiger partial charge is 0.326 e. The molecule has 2 aromatic carbocycles. The number of carbonyl (C=O) groups excluding carboxylic acids is 4. The number of nitrogens with zero attached hydrogens (tertiary/aromatic N) is 1. The monoisotopic (exact) mass is 648 g/mol. The maximum absolute atomic E-state index is 12.0. The molecule has 0 radical (unpaired) electrons. The first-order valence-corrected chi connectivity index (χ1v) is 14.1. The fourth-order valence-corrected chi connectivity index (χ4v) is 3.73. The first-order chi connectivity index (χ1) is 22.3. The zero-order valence-corrected chi connectivity index (χ0v) is 25.1. The van der Waals surface area contributed by atoms with Gasteiger partial charge in [-0.2, -0.15) is 5.17 Å². The van der Waals surface area contributed by atoms with E-state index in [0.29, 0.717) is 11.4 Å². The molecule has 15 heteroatoms. The van der Waals surface area contributed by atoms with E-state index >= 15 is 0 Å². The van der Waals surface area contributed by atoms with Crippen LogP contribution < -0.4 is 32.7 Å². The van der Waals surface area contributed by atoms with E-state index in [1.807, 2.05) is 0 Å². The van der Waals surface area contributed by atoms with Gasteiger partial charge in [0.2, 0.25) is 23.6 Å². The number of anilines is 2. The number of nitrogens with one attached hydrogen (secondary N) is 3.